The molecule has 1 N–H and O–H groups in total. The molecule has 0 unspecified atom stereocenters. The highest BCUT2D eigenvalue weighted by Gasteiger charge is 2.20. The molecule has 0 bridgehead atoms. The number of amides is 1. The van der Waals surface area contributed by atoms with E-state index in [9.17, 15) is 9.59 Å². The Hall–Kier alpha value is -1.55. The van der Waals surface area contributed by atoms with Crippen LogP contribution < -0.4 is 4.90 Å². The Balaban J connectivity index is 3.21. The molecule has 0 spiro atoms. The van der Waals surface area contributed by atoms with Crippen molar-refractivity contribution in [2.45, 2.75) is 13.8 Å². The third-order valence-electron chi connectivity index (χ3n) is 2.42. The molecule has 17 heavy (non-hydrogen) atoms. The van der Waals surface area contributed by atoms with E-state index >= 15 is 0 Å². The van der Waals surface area contributed by atoms with E-state index in [2.05, 4.69) is 0 Å². The van der Waals surface area contributed by atoms with Crippen LogP contribution in [0.25, 0.3) is 0 Å². The van der Waals surface area contributed by atoms with E-state index in [-0.39, 0.29) is 12.4 Å². The molecule has 0 aliphatic carbocycles. The minimum absolute atomic E-state index is 0.235. The van der Waals surface area contributed by atoms with Crippen molar-refractivity contribution in [3.63, 3.8) is 0 Å². The predicted molar refractivity (Wildman–Crippen MR) is 66.6 cm³/mol. The lowest BCUT2D eigenvalue weighted by Crippen LogP contribution is -2.37. The van der Waals surface area contributed by atoms with Crippen molar-refractivity contribution in [1.82, 2.24) is 0 Å². The number of aliphatic carboxylic acids is 1. The molecule has 0 aromatic heterocycles. The van der Waals surface area contributed by atoms with E-state index in [1.165, 1.54) is 4.90 Å². The third-order valence-corrected chi connectivity index (χ3v) is 2.65. The van der Waals surface area contributed by atoms with Gasteiger partial charge in [-0.2, -0.15) is 0 Å². The molecule has 0 heterocycles. The van der Waals surface area contributed by atoms with Crippen molar-refractivity contribution in [2.24, 2.45) is 0 Å². The smallest absolute Gasteiger partial charge is 0.323 e. The fourth-order valence-corrected chi connectivity index (χ4v) is 1.88. The zero-order valence-electron chi connectivity index (χ0n) is 9.74. The van der Waals surface area contributed by atoms with Crippen LogP contribution in [0.1, 0.15) is 11.1 Å². The summed E-state index contributed by atoms with van der Waals surface area (Å²) in [5, 5.41) is 8.83. The zero-order valence-corrected chi connectivity index (χ0v) is 10.5. The molecule has 92 valence electrons. The maximum Gasteiger partial charge on any atom is 0.323 e. The molecule has 0 atom stereocenters. The molecule has 1 aromatic rings. The van der Waals surface area contributed by atoms with E-state index in [1.807, 2.05) is 32.0 Å². The number of rotatable bonds is 4. The van der Waals surface area contributed by atoms with Crippen molar-refractivity contribution in [1.29, 1.82) is 0 Å². The second-order valence-electron chi connectivity index (χ2n) is 3.75. The number of carboxylic acid groups (broad SMARTS) is 1. The summed E-state index contributed by atoms with van der Waals surface area (Å²) in [5.41, 5.74) is 2.33. The second-order valence-corrected chi connectivity index (χ2v) is 4.01. The van der Waals surface area contributed by atoms with Gasteiger partial charge < -0.3 is 5.11 Å². The number of carbonyl (C=O) groups is 2. The first-order valence-corrected chi connectivity index (χ1v) is 5.65. The lowest BCUT2D eigenvalue weighted by atomic mass is 10.1. The Kier molecular flexibility index (Phi) is 4.52. The van der Waals surface area contributed by atoms with Crippen molar-refractivity contribution >= 4 is 29.2 Å². The normalized spacial score (nSPS) is 10.1. The molecule has 0 radical (unpaired) electrons. The molecule has 5 heteroatoms. The van der Waals surface area contributed by atoms with Crippen molar-refractivity contribution in [3.8, 4) is 0 Å². The van der Waals surface area contributed by atoms with Crippen LogP contribution in [0.15, 0.2) is 18.2 Å². The predicted octanol–water partition coefficient (Wildman–Crippen LogP) is 1.96. The zero-order chi connectivity index (χ0) is 13.0. The van der Waals surface area contributed by atoms with Crippen LogP contribution in [0, 0.1) is 13.8 Å². The number of para-hydroxylation sites is 1. The van der Waals surface area contributed by atoms with Gasteiger partial charge in [0.05, 0.1) is 5.69 Å². The molecule has 4 nitrogen and oxygen atoms in total. The minimum Gasteiger partial charge on any atom is -0.480 e. The number of benzene rings is 1. The number of carbonyl (C=O) groups excluding carboxylic acids is 1. The van der Waals surface area contributed by atoms with Crippen LogP contribution in [0.2, 0.25) is 0 Å². The summed E-state index contributed by atoms with van der Waals surface area (Å²) >= 11 is 5.50. The fourth-order valence-electron chi connectivity index (χ4n) is 1.73. The highest BCUT2D eigenvalue weighted by molar-refractivity contribution is 6.29. The lowest BCUT2D eigenvalue weighted by molar-refractivity contribution is -0.136. The number of alkyl halides is 1. The van der Waals surface area contributed by atoms with E-state index < -0.39 is 11.9 Å². The van der Waals surface area contributed by atoms with E-state index in [4.69, 9.17) is 16.7 Å². The highest BCUT2D eigenvalue weighted by atomic mass is 35.5. The van der Waals surface area contributed by atoms with Gasteiger partial charge in [-0.15, -0.1) is 11.6 Å². The van der Waals surface area contributed by atoms with Gasteiger partial charge in [-0.25, -0.2) is 0 Å². The molecule has 1 amide bonds. The lowest BCUT2D eigenvalue weighted by Gasteiger charge is -2.23. The van der Waals surface area contributed by atoms with Crippen LogP contribution in [-0.2, 0) is 9.59 Å². The van der Waals surface area contributed by atoms with E-state index in [0.29, 0.717) is 5.69 Å². The first-order chi connectivity index (χ1) is 7.97. The standard InChI is InChI=1S/C12H14ClNO3/c1-8-4-3-5-9(2)12(8)14(7-11(16)17)10(15)6-13/h3-5H,6-7H2,1-2H3,(H,16,17). The van der Waals surface area contributed by atoms with Crippen LogP contribution in [-0.4, -0.2) is 29.4 Å². The number of aryl methyl sites for hydroxylation is 2. The molecule has 1 aromatic carbocycles. The van der Waals surface area contributed by atoms with Crippen molar-refractivity contribution in [2.75, 3.05) is 17.3 Å². The Labute approximate surface area is 105 Å². The maximum atomic E-state index is 11.7. The number of nitrogens with zero attached hydrogens (tertiary/aromatic N) is 1. The van der Waals surface area contributed by atoms with E-state index in [0.717, 1.165) is 11.1 Å². The molecular formula is C12H14ClNO3. The fraction of sp³-hybridized carbons (Fsp3) is 0.333. The topological polar surface area (TPSA) is 57.6 Å². The maximum absolute atomic E-state index is 11.7. The summed E-state index contributed by atoms with van der Waals surface area (Å²) in [4.78, 5) is 23.7. The van der Waals surface area contributed by atoms with Gasteiger partial charge in [-0.1, -0.05) is 18.2 Å². The molecule has 0 fully saturated rings. The summed E-state index contributed by atoms with van der Waals surface area (Å²) in [5.74, 6) is -1.71. The van der Waals surface area contributed by atoms with Crippen molar-refractivity contribution in [3.05, 3.63) is 29.3 Å². The molecule has 1 rings (SSSR count). The van der Waals surface area contributed by atoms with Gasteiger partial charge in [0.25, 0.3) is 0 Å². The monoisotopic (exact) mass is 255 g/mol. The second kappa shape index (κ2) is 5.68. The number of carboxylic acids is 1. The van der Waals surface area contributed by atoms with Crippen LogP contribution in [0.5, 0.6) is 0 Å². The van der Waals surface area contributed by atoms with Gasteiger partial charge in [0.15, 0.2) is 0 Å². The number of hydrogen-bond donors (Lipinski definition) is 1. The molecular weight excluding hydrogens is 242 g/mol. The third kappa shape index (κ3) is 3.20. The summed E-state index contributed by atoms with van der Waals surface area (Å²) in [6.07, 6.45) is 0. The first-order valence-electron chi connectivity index (χ1n) is 5.11. The Morgan fingerprint density at radius 3 is 2.24 bits per heavy atom. The summed E-state index contributed by atoms with van der Waals surface area (Å²) in [6, 6.07) is 5.52. The highest BCUT2D eigenvalue weighted by Crippen LogP contribution is 2.24. The molecule has 0 aliphatic heterocycles. The van der Waals surface area contributed by atoms with Crippen LogP contribution in [0.3, 0.4) is 0 Å². The number of anilines is 1. The average Bonchev–Trinajstić information content (AvgIpc) is 2.26. The Morgan fingerprint density at radius 2 is 1.82 bits per heavy atom. The van der Waals surface area contributed by atoms with Crippen LogP contribution >= 0.6 is 11.6 Å². The number of halogens is 1. The SMILES string of the molecule is Cc1cccc(C)c1N(CC(=O)O)C(=O)CCl. The summed E-state index contributed by atoms with van der Waals surface area (Å²) < 4.78 is 0. The number of hydrogen-bond acceptors (Lipinski definition) is 2. The minimum atomic E-state index is -1.06. The van der Waals surface area contributed by atoms with Gasteiger partial charge in [0.1, 0.15) is 12.4 Å². The van der Waals surface area contributed by atoms with E-state index in [1.54, 1.807) is 0 Å². The van der Waals surface area contributed by atoms with Crippen molar-refractivity contribution < 1.29 is 14.7 Å². The summed E-state index contributed by atoms with van der Waals surface area (Å²) in [7, 11) is 0. The Morgan fingerprint density at radius 1 is 1.29 bits per heavy atom. The quantitative estimate of drug-likeness (QED) is 0.837. The molecule has 0 saturated carbocycles. The Bertz CT molecular complexity index is 425. The van der Waals surface area contributed by atoms with Gasteiger partial charge >= 0.3 is 5.97 Å². The largest absolute Gasteiger partial charge is 0.480 e. The van der Waals surface area contributed by atoms with Gasteiger partial charge in [0, 0.05) is 0 Å². The van der Waals surface area contributed by atoms with Crippen LogP contribution in [0.4, 0.5) is 5.69 Å². The average molecular weight is 256 g/mol. The summed E-state index contributed by atoms with van der Waals surface area (Å²) in [6.45, 7) is 3.29. The molecule has 0 saturated heterocycles. The van der Waals surface area contributed by atoms with Gasteiger partial charge in [0.2, 0.25) is 5.91 Å². The first kappa shape index (κ1) is 13.5. The van der Waals surface area contributed by atoms with Gasteiger partial charge in [-0.05, 0) is 25.0 Å². The van der Waals surface area contributed by atoms with Gasteiger partial charge in [-0.3, -0.25) is 14.5 Å². The molecule has 0 aliphatic rings.